The predicted molar refractivity (Wildman–Crippen MR) is 101 cm³/mol. The average Bonchev–Trinajstić information content (AvgIpc) is 3.23. The van der Waals surface area contributed by atoms with Gasteiger partial charge in [0, 0.05) is 25.2 Å². The molecule has 0 saturated heterocycles. The van der Waals surface area contributed by atoms with Crippen LogP contribution in [0.15, 0.2) is 12.1 Å². The van der Waals surface area contributed by atoms with Gasteiger partial charge in [-0.15, -0.1) is 10.2 Å². The number of rotatable bonds is 7. The van der Waals surface area contributed by atoms with Crippen molar-refractivity contribution in [1.82, 2.24) is 25.3 Å². The summed E-state index contributed by atoms with van der Waals surface area (Å²) >= 11 is 0. The molecule has 0 aromatic carbocycles. The first-order valence-corrected chi connectivity index (χ1v) is 9.42. The second-order valence-corrected chi connectivity index (χ2v) is 7.12. The zero-order chi connectivity index (χ0) is 18.5. The van der Waals surface area contributed by atoms with Gasteiger partial charge in [0.2, 0.25) is 5.91 Å². The number of aryl methyl sites for hydroxylation is 1. The summed E-state index contributed by atoms with van der Waals surface area (Å²) in [6.45, 7) is 7.29. The number of amides is 1. The Morgan fingerprint density at radius 3 is 2.54 bits per heavy atom. The van der Waals surface area contributed by atoms with E-state index in [4.69, 9.17) is 0 Å². The topological polar surface area (TPSA) is 84.7 Å². The van der Waals surface area contributed by atoms with Crippen LogP contribution in [0.5, 0.6) is 0 Å². The van der Waals surface area contributed by atoms with E-state index in [1.54, 1.807) is 0 Å². The number of carbonyl (C=O) groups excluding carboxylic acids is 1. The molecule has 1 amide bonds. The number of aromatic nitrogens is 4. The zero-order valence-electron chi connectivity index (χ0n) is 15.9. The molecule has 0 atom stereocenters. The first-order chi connectivity index (χ1) is 12.5. The third kappa shape index (κ3) is 4.39. The van der Waals surface area contributed by atoms with Gasteiger partial charge < -0.3 is 10.6 Å². The largest absolute Gasteiger partial charge is 0.367 e. The van der Waals surface area contributed by atoms with Crippen molar-refractivity contribution in [3.63, 3.8) is 0 Å². The smallest absolute Gasteiger partial charge is 0.220 e. The fourth-order valence-electron chi connectivity index (χ4n) is 3.42. The maximum Gasteiger partial charge on any atom is 0.220 e. The van der Waals surface area contributed by atoms with Crippen molar-refractivity contribution in [2.45, 2.75) is 52.9 Å². The molecule has 7 nitrogen and oxygen atoms in total. The van der Waals surface area contributed by atoms with Crippen LogP contribution in [0.2, 0.25) is 0 Å². The second-order valence-electron chi connectivity index (χ2n) is 7.12. The Labute approximate surface area is 154 Å². The monoisotopic (exact) mass is 356 g/mol. The molecule has 1 saturated carbocycles. The lowest BCUT2D eigenvalue weighted by Crippen LogP contribution is -2.30. The van der Waals surface area contributed by atoms with Crippen molar-refractivity contribution >= 4 is 11.7 Å². The molecule has 7 heteroatoms. The average molecular weight is 356 g/mol. The van der Waals surface area contributed by atoms with Crippen LogP contribution in [-0.4, -0.2) is 39.0 Å². The molecule has 1 fully saturated rings. The molecular weight excluding hydrogens is 328 g/mol. The van der Waals surface area contributed by atoms with Gasteiger partial charge in [-0.05, 0) is 57.2 Å². The van der Waals surface area contributed by atoms with Crippen LogP contribution in [-0.2, 0) is 4.79 Å². The normalized spacial score (nSPS) is 14.6. The molecule has 0 aliphatic heterocycles. The van der Waals surface area contributed by atoms with Crippen molar-refractivity contribution in [3.05, 3.63) is 29.1 Å². The molecule has 0 bridgehead atoms. The summed E-state index contributed by atoms with van der Waals surface area (Å²) in [6, 6.07) is 3.78. The molecule has 2 N–H and O–H groups in total. The van der Waals surface area contributed by atoms with Crippen molar-refractivity contribution < 1.29 is 4.79 Å². The van der Waals surface area contributed by atoms with Crippen LogP contribution in [0, 0.1) is 26.7 Å². The van der Waals surface area contributed by atoms with Gasteiger partial charge in [-0.2, -0.15) is 5.10 Å². The zero-order valence-corrected chi connectivity index (χ0v) is 15.9. The molecule has 0 spiro atoms. The Hall–Kier alpha value is -2.44. The van der Waals surface area contributed by atoms with Gasteiger partial charge in [-0.3, -0.25) is 4.79 Å². The highest BCUT2D eigenvalue weighted by Crippen LogP contribution is 2.27. The molecule has 2 aromatic rings. The molecule has 3 rings (SSSR count). The highest BCUT2D eigenvalue weighted by Gasteiger charge is 2.18. The Bertz CT molecular complexity index is 746. The lowest BCUT2D eigenvalue weighted by atomic mass is 10.0. The molecule has 1 aliphatic rings. The second kappa shape index (κ2) is 8.29. The Balaban J connectivity index is 1.44. The van der Waals surface area contributed by atoms with E-state index >= 15 is 0 Å². The van der Waals surface area contributed by atoms with Crippen LogP contribution < -0.4 is 10.6 Å². The van der Waals surface area contributed by atoms with E-state index in [1.807, 2.05) is 30.7 Å². The summed E-state index contributed by atoms with van der Waals surface area (Å²) in [5.74, 6) is 2.13. The molecular formula is C19H28N6O. The lowest BCUT2D eigenvalue weighted by Gasteiger charge is -2.10. The van der Waals surface area contributed by atoms with E-state index in [-0.39, 0.29) is 5.91 Å². The number of anilines is 1. The maximum absolute atomic E-state index is 11.9. The van der Waals surface area contributed by atoms with E-state index in [0.29, 0.717) is 37.1 Å². The van der Waals surface area contributed by atoms with Crippen molar-refractivity contribution in [2.24, 2.45) is 5.92 Å². The first kappa shape index (κ1) is 18.4. The molecule has 2 heterocycles. The van der Waals surface area contributed by atoms with Crippen molar-refractivity contribution in [3.8, 4) is 5.82 Å². The third-order valence-corrected chi connectivity index (χ3v) is 5.22. The summed E-state index contributed by atoms with van der Waals surface area (Å²) in [6.07, 6.45) is 5.60. The fourth-order valence-corrected chi connectivity index (χ4v) is 3.42. The van der Waals surface area contributed by atoms with E-state index in [1.165, 1.54) is 31.2 Å². The molecule has 26 heavy (non-hydrogen) atoms. The fraction of sp³-hybridized carbons (Fsp3) is 0.579. The molecule has 140 valence electrons. The quantitative estimate of drug-likeness (QED) is 0.745. The van der Waals surface area contributed by atoms with Gasteiger partial charge in [0.15, 0.2) is 5.82 Å². The van der Waals surface area contributed by atoms with Gasteiger partial charge >= 0.3 is 0 Å². The SMILES string of the molecule is Cc1nn(-c2ccc(NCCNC(=O)CC3CCCC3)nn2)c(C)c1C. The van der Waals surface area contributed by atoms with Crippen LogP contribution in [0.4, 0.5) is 5.82 Å². The van der Waals surface area contributed by atoms with Gasteiger partial charge in [0.1, 0.15) is 5.82 Å². The van der Waals surface area contributed by atoms with E-state index in [9.17, 15) is 4.79 Å². The van der Waals surface area contributed by atoms with E-state index in [0.717, 1.165) is 11.4 Å². The number of hydrogen-bond donors (Lipinski definition) is 2. The summed E-state index contributed by atoms with van der Waals surface area (Å²) in [7, 11) is 0. The van der Waals surface area contributed by atoms with Crippen LogP contribution in [0.3, 0.4) is 0 Å². The minimum absolute atomic E-state index is 0.153. The van der Waals surface area contributed by atoms with Gasteiger partial charge in [0.25, 0.3) is 0 Å². The standard InChI is InChI=1S/C19H28N6O/c1-13-14(2)24-25(15(13)3)18-9-8-17(22-23-18)20-10-11-21-19(26)12-16-6-4-5-7-16/h8-9,16H,4-7,10-12H2,1-3H3,(H,20,22)(H,21,26). The van der Waals surface area contributed by atoms with Crippen LogP contribution >= 0.6 is 0 Å². The Morgan fingerprint density at radius 2 is 1.92 bits per heavy atom. The van der Waals surface area contributed by atoms with Crippen LogP contribution in [0.1, 0.15) is 49.1 Å². The minimum Gasteiger partial charge on any atom is -0.367 e. The number of hydrogen-bond acceptors (Lipinski definition) is 5. The van der Waals surface area contributed by atoms with Gasteiger partial charge in [-0.1, -0.05) is 12.8 Å². The van der Waals surface area contributed by atoms with Crippen LogP contribution in [0.25, 0.3) is 5.82 Å². The van der Waals surface area contributed by atoms with Gasteiger partial charge in [-0.25, -0.2) is 4.68 Å². The van der Waals surface area contributed by atoms with Crippen molar-refractivity contribution in [1.29, 1.82) is 0 Å². The summed E-state index contributed by atoms with van der Waals surface area (Å²) in [5, 5.41) is 19.1. The highest BCUT2D eigenvalue weighted by atomic mass is 16.1. The Kier molecular flexibility index (Phi) is 5.85. The maximum atomic E-state index is 11.9. The number of nitrogens with one attached hydrogen (secondary N) is 2. The molecule has 2 aromatic heterocycles. The highest BCUT2D eigenvalue weighted by molar-refractivity contribution is 5.76. The number of nitrogens with zero attached hydrogens (tertiary/aromatic N) is 4. The Morgan fingerprint density at radius 1 is 1.15 bits per heavy atom. The number of carbonyl (C=O) groups is 1. The van der Waals surface area contributed by atoms with Gasteiger partial charge in [0.05, 0.1) is 5.69 Å². The van der Waals surface area contributed by atoms with Crippen molar-refractivity contribution in [2.75, 3.05) is 18.4 Å². The predicted octanol–water partition coefficient (Wildman–Crippen LogP) is 2.70. The summed E-state index contributed by atoms with van der Waals surface area (Å²) in [5.41, 5.74) is 3.24. The lowest BCUT2D eigenvalue weighted by molar-refractivity contribution is -0.121. The summed E-state index contributed by atoms with van der Waals surface area (Å²) < 4.78 is 1.81. The third-order valence-electron chi connectivity index (χ3n) is 5.22. The van der Waals surface area contributed by atoms with E-state index < -0.39 is 0 Å². The molecule has 0 unspecified atom stereocenters. The van der Waals surface area contributed by atoms with E-state index in [2.05, 4.69) is 32.9 Å². The summed E-state index contributed by atoms with van der Waals surface area (Å²) in [4.78, 5) is 11.9. The minimum atomic E-state index is 0.153. The molecule has 1 aliphatic carbocycles. The molecule has 0 radical (unpaired) electrons. The first-order valence-electron chi connectivity index (χ1n) is 9.42.